The third-order valence-corrected chi connectivity index (χ3v) is 7.16. The number of piperidine rings is 2. The van der Waals surface area contributed by atoms with Crippen LogP contribution in [0.5, 0.6) is 0 Å². The first-order valence-electron chi connectivity index (χ1n) is 12.1. The van der Waals surface area contributed by atoms with E-state index in [1.165, 1.54) is 64.2 Å². The standard InChI is InChI=1S/C23H38N6S/c1-17-9-8-13-28(16-17)20-15-21(29-14-7-6-10-18(29)2)26-22(25-20)27-23(30)24-19-11-4-3-5-12-19/h15,17-19H,3-14,16H2,1-2H3,(H2,24,25,26,27,30)/t17-,18+/m0/s1. The average molecular weight is 431 g/mol. The Labute approximate surface area is 187 Å². The number of anilines is 3. The summed E-state index contributed by atoms with van der Waals surface area (Å²) in [5.74, 6) is 3.41. The van der Waals surface area contributed by atoms with Gasteiger partial charge in [-0.15, -0.1) is 0 Å². The molecule has 30 heavy (non-hydrogen) atoms. The fourth-order valence-electron chi connectivity index (χ4n) is 5.19. The number of aromatic nitrogens is 2. The van der Waals surface area contributed by atoms with Crippen LogP contribution in [0.2, 0.25) is 0 Å². The van der Waals surface area contributed by atoms with E-state index in [2.05, 4.69) is 40.3 Å². The van der Waals surface area contributed by atoms with Crippen molar-refractivity contribution >= 4 is 34.9 Å². The number of rotatable bonds is 4. The predicted octanol–water partition coefficient (Wildman–Crippen LogP) is 4.71. The number of thiocarbonyl (C=S) groups is 1. The Bertz CT molecular complexity index is 720. The fourth-order valence-corrected chi connectivity index (χ4v) is 5.45. The number of hydrogen-bond donors (Lipinski definition) is 2. The highest BCUT2D eigenvalue weighted by molar-refractivity contribution is 7.80. The molecule has 1 aromatic heterocycles. The molecule has 0 aromatic carbocycles. The van der Waals surface area contributed by atoms with Gasteiger partial charge in [-0.25, -0.2) is 0 Å². The van der Waals surface area contributed by atoms with Crippen molar-refractivity contribution in [1.29, 1.82) is 0 Å². The van der Waals surface area contributed by atoms with Crippen LogP contribution < -0.4 is 20.4 Å². The molecule has 0 unspecified atom stereocenters. The summed E-state index contributed by atoms with van der Waals surface area (Å²) in [6.07, 6.45) is 12.6. The van der Waals surface area contributed by atoms with E-state index in [0.717, 1.165) is 31.3 Å². The van der Waals surface area contributed by atoms with Gasteiger partial charge in [-0.3, -0.25) is 0 Å². The van der Waals surface area contributed by atoms with Crippen LogP contribution in [0.3, 0.4) is 0 Å². The van der Waals surface area contributed by atoms with Gasteiger partial charge in [0.15, 0.2) is 5.11 Å². The molecule has 2 N–H and O–H groups in total. The van der Waals surface area contributed by atoms with Gasteiger partial charge in [-0.1, -0.05) is 26.2 Å². The van der Waals surface area contributed by atoms with Crippen molar-refractivity contribution in [3.05, 3.63) is 6.07 Å². The molecule has 1 saturated carbocycles. The van der Waals surface area contributed by atoms with Crippen LogP contribution in [0, 0.1) is 5.92 Å². The molecule has 3 aliphatic rings. The lowest BCUT2D eigenvalue weighted by molar-refractivity contribution is 0.414. The second-order valence-corrected chi connectivity index (χ2v) is 9.98. The van der Waals surface area contributed by atoms with Crippen molar-refractivity contribution in [1.82, 2.24) is 15.3 Å². The van der Waals surface area contributed by atoms with Crippen LogP contribution in [0.4, 0.5) is 17.6 Å². The molecule has 2 atom stereocenters. The minimum Gasteiger partial charge on any atom is -0.360 e. The molecule has 1 aromatic rings. The Morgan fingerprint density at radius 2 is 1.70 bits per heavy atom. The molecule has 2 saturated heterocycles. The van der Waals surface area contributed by atoms with E-state index in [1.54, 1.807) is 0 Å². The van der Waals surface area contributed by atoms with Crippen molar-refractivity contribution in [3.8, 4) is 0 Å². The van der Waals surface area contributed by atoms with Crippen molar-refractivity contribution < 1.29 is 0 Å². The quantitative estimate of drug-likeness (QED) is 0.671. The molecule has 3 fully saturated rings. The molecule has 2 aliphatic heterocycles. The van der Waals surface area contributed by atoms with Crippen LogP contribution in [-0.2, 0) is 0 Å². The molecule has 7 heteroatoms. The maximum Gasteiger partial charge on any atom is 0.232 e. The summed E-state index contributed by atoms with van der Waals surface area (Å²) in [4.78, 5) is 14.7. The van der Waals surface area contributed by atoms with Gasteiger partial charge in [0, 0.05) is 37.8 Å². The fraction of sp³-hybridized carbons (Fsp3) is 0.783. The normalized spacial score (nSPS) is 25.8. The van der Waals surface area contributed by atoms with Crippen LogP contribution in [0.1, 0.15) is 78.1 Å². The average Bonchev–Trinajstić information content (AvgIpc) is 2.74. The van der Waals surface area contributed by atoms with Crippen molar-refractivity contribution in [3.63, 3.8) is 0 Å². The van der Waals surface area contributed by atoms with Crippen molar-refractivity contribution in [2.75, 3.05) is 34.8 Å². The molecular weight excluding hydrogens is 392 g/mol. The van der Waals surface area contributed by atoms with Gasteiger partial charge < -0.3 is 20.4 Å². The van der Waals surface area contributed by atoms with Gasteiger partial charge in [0.25, 0.3) is 0 Å². The molecule has 0 amide bonds. The summed E-state index contributed by atoms with van der Waals surface area (Å²) in [7, 11) is 0. The minimum atomic E-state index is 0.478. The SMILES string of the molecule is C[C@H]1CCCN(c2cc(N3CCCC[C@H]3C)nc(NC(=S)NC3CCCCC3)n2)C1. The lowest BCUT2D eigenvalue weighted by Gasteiger charge is -2.36. The smallest absolute Gasteiger partial charge is 0.232 e. The van der Waals surface area contributed by atoms with Crippen molar-refractivity contribution in [2.24, 2.45) is 5.92 Å². The molecule has 0 bridgehead atoms. The molecule has 1 aliphatic carbocycles. The largest absolute Gasteiger partial charge is 0.360 e. The van der Waals surface area contributed by atoms with E-state index in [4.69, 9.17) is 22.2 Å². The van der Waals surface area contributed by atoms with E-state index in [1.807, 2.05) is 0 Å². The molecule has 0 spiro atoms. The second kappa shape index (κ2) is 10.1. The maximum absolute atomic E-state index is 5.63. The third kappa shape index (κ3) is 5.54. The lowest BCUT2D eigenvalue weighted by atomic mass is 9.96. The summed E-state index contributed by atoms with van der Waals surface area (Å²) in [6.45, 7) is 7.85. The third-order valence-electron chi connectivity index (χ3n) is 6.94. The Hall–Kier alpha value is -1.63. The Kier molecular flexibility index (Phi) is 7.28. The first-order chi connectivity index (χ1) is 14.6. The van der Waals surface area contributed by atoms with Gasteiger partial charge in [0.2, 0.25) is 5.95 Å². The Balaban J connectivity index is 1.53. The second-order valence-electron chi connectivity index (χ2n) is 9.57. The number of hydrogen-bond acceptors (Lipinski definition) is 5. The molecular formula is C23H38N6S. The van der Waals surface area contributed by atoms with Gasteiger partial charge in [0.1, 0.15) is 11.6 Å². The summed E-state index contributed by atoms with van der Waals surface area (Å²) >= 11 is 5.63. The molecule has 6 nitrogen and oxygen atoms in total. The van der Waals surface area contributed by atoms with E-state index < -0.39 is 0 Å². The van der Waals surface area contributed by atoms with Gasteiger partial charge in [-0.05, 0) is 70.0 Å². The van der Waals surface area contributed by atoms with Crippen LogP contribution in [-0.4, -0.2) is 46.8 Å². The van der Waals surface area contributed by atoms with Crippen LogP contribution >= 0.6 is 12.2 Å². The first kappa shape index (κ1) is 21.6. The van der Waals surface area contributed by atoms with E-state index in [0.29, 0.717) is 29.1 Å². The molecule has 3 heterocycles. The highest BCUT2D eigenvalue weighted by Gasteiger charge is 2.24. The summed E-state index contributed by atoms with van der Waals surface area (Å²) in [6, 6.07) is 3.19. The van der Waals surface area contributed by atoms with E-state index in [9.17, 15) is 0 Å². The highest BCUT2D eigenvalue weighted by atomic mass is 32.1. The van der Waals surface area contributed by atoms with Crippen molar-refractivity contribution in [2.45, 2.75) is 90.1 Å². The molecule has 166 valence electrons. The Morgan fingerprint density at radius 3 is 2.47 bits per heavy atom. The first-order valence-corrected chi connectivity index (χ1v) is 12.5. The van der Waals surface area contributed by atoms with Gasteiger partial charge >= 0.3 is 0 Å². The predicted molar refractivity (Wildman–Crippen MR) is 130 cm³/mol. The van der Waals surface area contributed by atoms with Crippen LogP contribution in [0.25, 0.3) is 0 Å². The zero-order chi connectivity index (χ0) is 20.9. The van der Waals surface area contributed by atoms with Crippen LogP contribution in [0.15, 0.2) is 6.07 Å². The monoisotopic (exact) mass is 430 g/mol. The summed E-state index contributed by atoms with van der Waals surface area (Å²) in [5, 5.41) is 7.47. The zero-order valence-corrected chi connectivity index (χ0v) is 19.5. The highest BCUT2D eigenvalue weighted by Crippen LogP contribution is 2.29. The number of nitrogens with zero attached hydrogens (tertiary/aromatic N) is 4. The number of nitrogens with one attached hydrogen (secondary N) is 2. The lowest BCUT2D eigenvalue weighted by Crippen LogP contribution is -2.40. The topological polar surface area (TPSA) is 56.3 Å². The van der Waals surface area contributed by atoms with Gasteiger partial charge in [-0.2, -0.15) is 9.97 Å². The van der Waals surface area contributed by atoms with Gasteiger partial charge in [0.05, 0.1) is 0 Å². The van der Waals surface area contributed by atoms with E-state index >= 15 is 0 Å². The minimum absolute atomic E-state index is 0.478. The zero-order valence-electron chi connectivity index (χ0n) is 18.7. The Morgan fingerprint density at radius 1 is 0.933 bits per heavy atom. The molecule has 4 rings (SSSR count). The summed E-state index contributed by atoms with van der Waals surface area (Å²) in [5.41, 5.74) is 0. The van der Waals surface area contributed by atoms with E-state index in [-0.39, 0.29) is 0 Å². The maximum atomic E-state index is 5.63. The summed E-state index contributed by atoms with van der Waals surface area (Å²) < 4.78 is 0. The molecule has 0 radical (unpaired) electrons.